The fourth-order valence-electron chi connectivity index (χ4n) is 2.23. The zero-order chi connectivity index (χ0) is 20.0. The van der Waals surface area contributed by atoms with E-state index in [0.29, 0.717) is 5.02 Å². The molecule has 0 radical (unpaired) electrons. The molecule has 142 valence electrons. The lowest BCUT2D eigenvalue weighted by Crippen LogP contribution is -2.12. The standard InChI is InChI=1S/C15H9Cl2F3N4O2S/c16-8-1-6-11(12(17)7-8)13-22-14(15(18,19)20)23-24(13)9-2-4-10(5-3-9)27(21,25)26/h1-7H,(H2,21,25,26). The Kier molecular flexibility index (Phi) is 4.93. The predicted molar refractivity (Wildman–Crippen MR) is 93.2 cm³/mol. The third kappa shape index (κ3) is 4.08. The van der Waals surface area contributed by atoms with E-state index < -0.39 is 22.0 Å². The molecule has 2 aromatic carbocycles. The van der Waals surface area contributed by atoms with Gasteiger partial charge in [0, 0.05) is 10.6 Å². The summed E-state index contributed by atoms with van der Waals surface area (Å²) in [7, 11) is -3.95. The van der Waals surface area contributed by atoms with Crippen molar-refractivity contribution in [3.05, 3.63) is 58.3 Å². The van der Waals surface area contributed by atoms with E-state index in [-0.39, 0.29) is 27.0 Å². The number of hydrogen-bond donors (Lipinski definition) is 1. The van der Waals surface area contributed by atoms with Gasteiger partial charge in [-0.3, -0.25) is 0 Å². The van der Waals surface area contributed by atoms with Crippen molar-refractivity contribution in [3.8, 4) is 17.1 Å². The van der Waals surface area contributed by atoms with Crippen LogP contribution in [0, 0.1) is 0 Å². The fourth-order valence-corrected chi connectivity index (χ4v) is 3.24. The molecular weight excluding hydrogens is 428 g/mol. The van der Waals surface area contributed by atoms with Crippen LogP contribution < -0.4 is 5.14 Å². The molecule has 0 unspecified atom stereocenters. The number of nitrogens with two attached hydrogens (primary N) is 1. The molecule has 0 aliphatic carbocycles. The van der Waals surface area contributed by atoms with E-state index in [1.54, 1.807) is 0 Å². The van der Waals surface area contributed by atoms with Gasteiger partial charge in [0.25, 0.3) is 5.82 Å². The molecule has 0 aliphatic rings. The molecule has 6 nitrogen and oxygen atoms in total. The molecule has 27 heavy (non-hydrogen) atoms. The lowest BCUT2D eigenvalue weighted by atomic mass is 10.2. The average molecular weight is 437 g/mol. The largest absolute Gasteiger partial charge is 0.453 e. The van der Waals surface area contributed by atoms with Crippen LogP contribution in [-0.4, -0.2) is 23.2 Å². The van der Waals surface area contributed by atoms with Crippen molar-refractivity contribution < 1.29 is 21.6 Å². The van der Waals surface area contributed by atoms with Gasteiger partial charge in [-0.15, -0.1) is 5.10 Å². The molecule has 1 aromatic heterocycles. The predicted octanol–water partition coefficient (Wildman–Crippen LogP) is 3.91. The summed E-state index contributed by atoms with van der Waals surface area (Å²) in [6.07, 6.45) is -4.79. The van der Waals surface area contributed by atoms with E-state index in [2.05, 4.69) is 10.1 Å². The first-order chi connectivity index (χ1) is 12.5. The summed E-state index contributed by atoms with van der Waals surface area (Å²) in [5, 5.41) is 8.88. The Labute approximate surface area is 161 Å². The van der Waals surface area contributed by atoms with Gasteiger partial charge in [-0.1, -0.05) is 23.2 Å². The summed E-state index contributed by atoms with van der Waals surface area (Å²) in [5.74, 6) is -1.56. The van der Waals surface area contributed by atoms with Gasteiger partial charge in [0.1, 0.15) is 0 Å². The van der Waals surface area contributed by atoms with Crippen molar-refractivity contribution in [1.82, 2.24) is 14.8 Å². The minimum absolute atomic E-state index is 0.0750. The van der Waals surface area contributed by atoms with E-state index in [0.717, 1.165) is 16.8 Å². The van der Waals surface area contributed by atoms with E-state index in [1.807, 2.05) is 0 Å². The van der Waals surface area contributed by atoms with E-state index >= 15 is 0 Å². The lowest BCUT2D eigenvalue weighted by molar-refractivity contribution is -0.144. The number of nitrogens with zero attached hydrogens (tertiary/aromatic N) is 3. The molecule has 0 saturated heterocycles. The molecule has 1 heterocycles. The number of rotatable bonds is 3. The Balaban J connectivity index is 2.21. The summed E-state index contributed by atoms with van der Waals surface area (Å²) < 4.78 is 62.9. The minimum Gasteiger partial charge on any atom is -0.225 e. The molecular formula is C15H9Cl2F3N4O2S. The van der Waals surface area contributed by atoms with Gasteiger partial charge in [-0.2, -0.15) is 13.2 Å². The van der Waals surface area contributed by atoms with Crippen LogP contribution >= 0.6 is 23.2 Å². The number of hydrogen-bond acceptors (Lipinski definition) is 4. The fraction of sp³-hybridized carbons (Fsp3) is 0.0667. The highest BCUT2D eigenvalue weighted by Crippen LogP contribution is 2.34. The second-order valence-electron chi connectivity index (χ2n) is 5.33. The first-order valence-electron chi connectivity index (χ1n) is 7.10. The summed E-state index contributed by atoms with van der Waals surface area (Å²) in [5.41, 5.74) is 0.297. The van der Waals surface area contributed by atoms with Gasteiger partial charge >= 0.3 is 6.18 Å². The van der Waals surface area contributed by atoms with Gasteiger partial charge in [-0.25, -0.2) is 23.2 Å². The van der Waals surface area contributed by atoms with Crippen LogP contribution in [0.15, 0.2) is 47.4 Å². The molecule has 0 aliphatic heterocycles. The van der Waals surface area contributed by atoms with Crippen LogP contribution in [-0.2, 0) is 16.2 Å². The number of benzene rings is 2. The van der Waals surface area contributed by atoms with Gasteiger partial charge in [0.2, 0.25) is 10.0 Å². The highest BCUT2D eigenvalue weighted by atomic mass is 35.5. The molecule has 0 bridgehead atoms. The second-order valence-corrected chi connectivity index (χ2v) is 7.74. The monoisotopic (exact) mass is 436 g/mol. The van der Waals surface area contributed by atoms with Crippen molar-refractivity contribution >= 4 is 33.2 Å². The van der Waals surface area contributed by atoms with Gasteiger partial charge in [0.15, 0.2) is 5.82 Å². The Morgan fingerprint density at radius 1 is 1.04 bits per heavy atom. The van der Waals surface area contributed by atoms with Gasteiger partial charge in [0.05, 0.1) is 15.6 Å². The third-order valence-corrected chi connectivity index (χ3v) is 4.92. The van der Waals surface area contributed by atoms with E-state index in [4.69, 9.17) is 28.3 Å². The van der Waals surface area contributed by atoms with Gasteiger partial charge < -0.3 is 0 Å². The third-order valence-electron chi connectivity index (χ3n) is 3.44. The van der Waals surface area contributed by atoms with E-state index in [9.17, 15) is 21.6 Å². The van der Waals surface area contributed by atoms with Crippen LogP contribution in [0.4, 0.5) is 13.2 Å². The zero-order valence-corrected chi connectivity index (χ0v) is 15.4. The Morgan fingerprint density at radius 3 is 2.19 bits per heavy atom. The zero-order valence-electron chi connectivity index (χ0n) is 13.1. The number of aromatic nitrogens is 3. The maximum Gasteiger partial charge on any atom is 0.453 e. The van der Waals surface area contributed by atoms with Crippen LogP contribution in [0.1, 0.15) is 5.82 Å². The summed E-state index contributed by atoms with van der Waals surface area (Å²) in [4.78, 5) is 3.35. The maximum absolute atomic E-state index is 13.1. The molecule has 2 N–H and O–H groups in total. The summed E-state index contributed by atoms with van der Waals surface area (Å²) in [6, 6.07) is 9.00. The Hall–Kier alpha value is -2.14. The number of alkyl halides is 3. The lowest BCUT2D eigenvalue weighted by Gasteiger charge is -2.08. The Morgan fingerprint density at radius 2 is 1.67 bits per heavy atom. The highest BCUT2D eigenvalue weighted by Gasteiger charge is 2.37. The second kappa shape index (κ2) is 6.79. The summed E-state index contributed by atoms with van der Waals surface area (Å²) in [6.45, 7) is 0. The van der Waals surface area contributed by atoms with Gasteiger partial charge in [-0.05, 0) is 42.5 Å². The molecule has 0 saturated carbocycles. The minimum atomic E-state index is -4.79. The topological polar surface area (TPSA) is 90.9 Å². The van der Waals surface area contributed by atoms with Crippen molar-refractivity contribution in [2.24, 2.45) is 5.14 Å². The number of primary sulfonamides is 1. The molecule has 0 fully saturated rings. The Bertz CT molecular complexity index is 1110. The van der Waals surface area contributed by atoms with Crippen LogP contribution in [0.5, 0.6) is 0 Å². The maximum atomic E-state index is 13.1. The quantitative estimate of drug-likeness (QED) is 0.673. The van der Waals surface area contributed by atoms with Crippen LogP contribution in [0.2, 0.25) is 10.0 Å². The molecule has 0 atom stereocenters. The number of sulfonamides is 1. The van der Waals surface area contributed by atoms with Crippen molar-refractivity contribution in [3.63, 3.8) is 0 Å². The molecule has 3 aromatic rings. The summed E-state index contributed by atoms with van der Waals surface area (Å²) >= 11 is 11.9. The van der Waals surface area contributed by atoms with Crippen LogP contribution in [0.3, 0.4) is 0 Å². The van der Waals surface area contributed by atoms with Crippen molar-refractivity contribution in [2.75, 3.05) is 0 Å². The molecule has 12 heteroatoms. The van der Waals surface area contributed by atoms with Crippen LogP contribution in [0.25, 0.3) is 17.1 Å². The normalized spacial score (nSPS) is 12.4. The smallest absolute Gasteiger partial charge is 0.225 e. The number of halogens is 5. The van der Waals surface area contributed by atoms with Crippen molar-refractivity contribution in [1.29, 1.82) is 0 Å². The first kappa shape index (κ1) is 19.6. The average Bonchev–Trinajstić information content (AvgIpc) is 2.99. The molecule has 0 spiro atoms. The van der Waals surface area contributed by atoms with Crippen molar-refractivity contribution in [2.45, 2.75) is 11.1 Å². The molecule has 0 amide bonds. The molecule has 3 rings (SSSR count). The highest BCUT2D eigenvalue weighted by molar-refractivity contribution is 7.89. The van der Waals surface area contributed by atoms with E-state index in [1.165, 1.54) is 30.3 Å². The first-order valence-corrected chi connectivity index (χ1v) is 9.40. The SMILES string of the molecule is NS(=O)(=O)c1ccc(-n2nc(C(F)(F)F)nc2-c2ccc(Cl)cc2Cl)cc1.